The molecule has 2 atom stereocenters. The van der Waals surface area contributed by atoms with Gasteiger partial charge in [-0.2, -0.15) is 10.4 Å². The first-order chi connectivity index (χ1) is 7.79. The van der Waals surface area contributed by atoms with Gasteiger partial charge in [-0.25, -0.2) is 0 Å². The van der Waals surface area contributed by atoms with Gasteiger partial charge in [-0.05, 0) is 31.9 Å². The fraction of sp³-hybridized carbons (Fsp3) is 0.667. The molecule has 1 saturated carbocycles. The lowest BCUT2D eigenvalue weighted by Gasteiger charge is -2.22. The second-order valence-corrected chi connectivity index (χ2v) is 4.50. The number of nitrogens with one attached hydrogen (secondary N) is 1. The maximum absolute atomic E-state index is 9.32. The number of nitrogens with zero attached hydrogens (tertiary/aromatic N) is 3. The molecule has 1 heterocycles. The van der Waals surface area contributed by atoms with E-state index >= 15 is 0 Å². The smallest absolute Gasteiger partial charge is 0.108 e. The van der Waals surface area contributed by atoms with Gasteiger partial charge in [0.05, 0.1) is 12.1 Å². The van der Waals surface area contributed by atoms with Crippen molar-refractivity contribution in [3.63, 3.8) is 0 Å². The van der Waals surface area contributed by atoms with Crippen LogP contribution in [0.5, 0.6) is 0 Å². The van der Waals surface area contributed by atoms with Gasteiger partial charge < -0.3 is 0 Å². The highest BCUT2D eigenvalue weighted by molar-refractivity contribution is 5.12. The zero-order valence-corrected chi connectivity index (χ0v) is 9.69. The molecule has 0 bridgehead atoms. The predicted molar refractivity (Wildman–Crippen MR) is 61.8 cm³/mol. The Kier molecular flexibility index (Phi) is 3.25. The van der Waals surface area contributed by atoms with E-state index in [-0.39, 0.29) is 5.54 Å². The molecule has 0 saturated heterocycles. The molecular formula is C12H18N4. The van der Waals surface area contributed by atoms with Crippen LogP contribution >= 0.6 is 0 Å². The third kappa shape index (κ3) is 2.10. The summed E-state index contributed by atoms with van der Waals surface area (Å²) in [6.45, 7) is 3.04. The highest BCUT2D eigenvalue weighted by Crippen LogP contribution is 2.36. The van der Waals surface area contributed by atoms with Crippen LogP contribution in [0.25, 0.3) is 0 Å². The molecule has 0 radical (unpaired) electrons. The molecule has 1 aliphatic rings. The summed E-state index contributed by atoms with van der Waals surface area (Å²) in [6.07, 6.45) is 7.67. The molecule has 4 heteroatoms. The van der Waals surface area contributed by atoms with Crippen LogP contribution in [0.2, 0.25) is 0 Å². The van der Waals surface area contributed by atoms with Crippen molar-refractivity contribution in [3.8, 4) is 6.07 Å². The molecular weight excluding hydrogens is 200 g/mol. The number of rotatable bonds is 4. The third-order valence-corrected chi connectivity index (χ3v) is 3.31. The Morgan fingerprint density at radius 1 is 1.69 bits per heavy atom. The fourth-order valence-electron chi connectivity index (χ4n) is 2.41. The second-order valence-electron chi connectivity index (χ2n) is 4.50. The minimum absolute atomic E-state index is 0.327. The molecule has 2 rings (SSSR count). The van der Waals surface area contributed by atoms with Crippen LogP contribution in [0.3, 0.4) is 0 Å². The van der Waals surface area contributed by atoms with Crippen molar-refractivity contribution in [1.29, 1.82) is 5.26 Å². The maximum atomic E-state index is 9.32. The van der Waals surface area contributed by atoms with E-state index in [0.29, 0.717) is 6.04 Å². The second kappa shape index (κ2) is 4.67. The van der Waals surface area contributed by atoms with E-state index in [1.807, 2.05) is 16.9 Å². The van der Waals surface area contributed by atoms with Gasteiger partial charge in [0.25, 0.3) is 0 Å². The lowest BCUT2D eigenvalue weighted by atomic mass is 9.99. The lowest BCUT2D eigenvalue weighted by Crippen LogP contribution is -2.42. The molecule has 86 valence electrons. The van der Waals surface area contributed by atoms with Crippen LogP contribution < -0.4 is 5.32 Å². The molecule has 16 heavy (non-hydrogen) atoms. The summed E-state index contributed by atoms with van der Waals surface area (Å²) in [7, 11) is 0. The third-order valence-electron chi connectivity index (χ3n) is 3.31. The summed E-state index contributed by atoms with van der Waals surface area (Å²) < 4.78 is 1.98. The van der Waals surface area contributed by atoms with Crippen molar-refractivity contribution in [2.45, 2.75) is 44.2 Å². The minimum Gasteiger partial charge on any atom is -0.299 e. The van der Waals surface area contributed by atoms with Crippen LogP contribution in [0.4, 0.5) is 0 Å². The standard InChI is InChI=1S/C12H18N4/c1-2-6-14-12(10-13)5-4-11(9-12)16-8-3-7-15-16/h3,7-8,11,14H,2,4-6,9H2,1H3. The van der Waals surface area contributed by atoms with E-state index in [0.717, 1.165) is 32.2 Å². The van der Waals surface area contributed by atoms with Gasteiger partial charge in [0.1, 0.15) is 5.54 Å². The molecule has 1 aromatic heterocycles. The Hall–Kier alpha value is -1.34. The number of hydrogen-bond acceptors (Lipinski definition) is 3. The average molecular weight is 218 g/mol. The lowest BCUT2D eigenvalue weighted by molar-refractivity contribution is 0.388. The van der Waals surface area contributed by atoms with Gasteiger partial charge in [-0.1, -0.05) is 6.92 Å². The van der Waals surface area contributed by atoms with Crippen molar-refractivity contribution in [2.24, 2.45) is 0 Å². The molecule has 0 aromatic carbocycles. The first-order valence-corrected chi connectivity index (χ1v) is 5.95. The highest BCUT2D eigenvalue weighted by atomic mass is 15.3. The summed E-state index contributed by atoms with van der Waals surface area (Å²) in [4.78, 5) is 0. The zero-order valence-electron chi connectivity index (χ0n) is 9.69. The molecule has 1 aliphatic carbocycles. The molecule has 0 spiro atoms. The summed E-state index contributed by atoms with van der Waals surface area (Å²) in [5.74, 6) is 0. The molecule has 1 fully saturated rings. The van der Waals surface area contributed by atoms with Crippen LogP contribution in [0.15, 0.2) is 18.5 Å². The SMILES string of the molecule is CCCNC1(C#N)CCC(n2cccn2)C1. The number of nitriles is 1. The fourth-order valence-corrected chi connectivity index (χ4v) is 2.41. The highest BCUT2D eigenvalue weighted by Gasteiger charge is 2.39. The normalized spacial score (nSPS) is 29.1. The summed E-state index contributed by atoms with van der Waals surface area (Å²) >= 11 is 0. The monoisotopic (exact) mass is 218 g/mol. The van der Waals surface area contributed by atoms with Crippen molar-refractivity contribution in [3.05, 3.63) is 18.5 Å². The van der Waals surface area contributed by atoms with Gasteiger partial charge in [0.15, 0.2) is 0 Å². The Morgan fingerprint density at radius 2 is 2.56 bits per heavy atom. The molecule has 2 unspecified atom stereocenters. The maximum Gasteiger partial charge on any atom is 0.108 e. The molecule has 1 N–H and O–H groups in total. The summed E-state index contributed by atoms with van der Waals surface area (Å²) in [6, 6.07) is 4.76. The number of aromatic nitrogens is 2. The van der Waals surface area contributed by atoms with Crippen LogP contribution in [-0.2, 0) is 0 Å². The van der Waals surface area contributed by atoms with Gasteiger partial charge in [0, 0.05) is 18.8 Å². The van der Waals surface area contributed by atoms with E-state index in [9.17, 15) is 5.26 Å². The number of hydrogen-bond donors (Lipinski definition) is 1. The van der Waals surface area contributed by atoms with Crippen molar-refractivity contribution in [1.82, 2.24) is 15.1 Å². The first kappa shape index (κ1) is 11.2. The first-order valence-electron chi connectivity index (χ1n) is 5.95. The topological polar surface area (TPSA) is 53.6 Å². The van der Waals surface area contributed by atoms with Crippen molar-refractivity contribution in [2.75, 3.05) is 6.54 Å². The van der Waals surface area contributed by atoms with Crippen molar-refractivity contribution < 1.29 is 0 Å². The zero-order chi connectivity index (χ0) is 11.4. The molecule has 4 nitrogen and oxygen atoms in total. The Bertz CT molecular complexity index is 365. The van der Waals surface area contributed by atoms with E-state index in [4.69, 9.17) is 0 Å². The van der Waals surface area contributed by atoms with E-state index in [1.165, 1.54) is 0 Å². The Balaban J connectivity index is 2.03. The molecule has 0 amide bonds. The van der Waals surface area contributed by atoms with Crippen LogP contribution in [-0.4, -0.2) is 21.9 Å². The van der Waals surface area contributed by atoms with Gasteiger partial charge >= 0.3 is 0 Å². The van der Waals surface area contributed by atoms with E-state index in [2.05, 4.69) is 23.4 Å². The predicted octanol–water partition coefficient (Wildman–Crippen LogP) is 1.87. The average Bonchev–Trinajstić information content (AvgIpc) is 2.96. The molecule has 0 aliphatic heterocycles. The van der Waals surface area contributed by atoms with Crippen LogP contribution in [0, 0.1) is 11.3 Å². The van der Waals surface area contributed by atoms with Gasteiger partial charge in [-0.3, -0.25) is 10.00 Å². The van der Waals surface area contributed by atoms with E-state index < -0.39 is 0 Å². The molecule has 1 aromatic rings. The van der Waals surface area contributed by atoms with Crippen LogP contribution in [0.1, 0.15) is 38.6 Å². The quantitative estimate of drug-likeness (QED) is 0.839. The Morgan fingerprint density at radius 3 is 3.19 bits per heavy atom. The largest absolute Gasteiger partial charge is 0.299 e. The van der Waals surface area contributed by atoms with E-state index in [1.54, 1.807) is 6.20 Å². The summed E-state index contributed by atoms with van der Waals surface area (Å²) in [5, 5.41) is 17.0. The summed E-state index contributed by atoms with van der Waals surface area (Å²) in [5.41, 5.74) is -0.327. The van der Waals surface area contributed by atoms with Gasteiger partial charge in [0.2, 0.25) is 0 Å². The Labute approximate surface area is 96.3 Å². The minimum atomic E-state index is -0.327. The van der Waals surface area contributed by atoms with Gasteiger partial charge in [-0.15, -0.1) is 0 Å². The van der Waals surface area contributed by atoms with Crippen molar-refractivity contribution >= 4 is 0 Å².